The van der Waals surface area contributed by atoms with E-state index in [0.717, 1.165) is 31.1 Å². The number of ether oxygens (including phenoxy) is 2. The van der Waals surface area contributed by atoms with Crippen LogP contribution in [0.15, 0.2) is 35.6 Å². The lowest BCUT2D eigenvalue weighted by atomic mass is 10.1. The van der Waals surface area contributed by atoms with E-state index in [9.17, 15) is 8.42 Å². The fourth-order valence-electron chi connectivity index (χ4n) is 3.78. The molecular formula is C21H32N4O4S. The smallest absolute Gasteiger partial charge is 0.227 e. The number of anilines is 1. The second-order valence-electron chi connectivity index (χ2n) is 7.54. The minimum absolute atomic E-state index is 0.0351. The molecule has 1 aromatic carbocycles. The first-order chi connectivity index (χ1) is 14.4. The molecule has 0 radical (unpaired) electrons. The van der Waals surface area contributed by atoms with Crippen molar-refractivity contribution in [2.24, 2.45) is 0 Å². The molecule has 1 saturated heterocycles. The van der Waals surface area contributed by atoms with Crippen molar-refractivity contribution < 1.29 is 17.9 Å². The number of hydrogen-bond donors (Lipinski definition) is 0. The number of methoxy groups -OCH3 is 2. The normalized spacial score (nSPS) is 18.0. The van der Waals surface area contributed by atoms with Crippen molar-refractivity contribution in [1.29, 1.82) is 0 Å². The number of benzene rings is 1. The van der Waals surface area contributed by atoms with Gasteiger partial charge in [-0.25, -0.2) is 13.4 Å². The summed E-state index contributed by atoms with van der Waals surface area (Å²) in [6, 6.07) is 8.46. The van der Waals surface area contributed by atoms with Crippen LogP contribution in [0.1, 0.15) is 19.5 Å². The Balaban J connectivity index is 1.72. The Morgan fingerprint density at radius 3 is 2.50 bits per heavy atom. The monoisotopic (exact) mass is 436 g/mol. The summed E-state index contributed by atoms with van der Waals surface area (Å²) in [5.41, 5.74) is 2.09. The first-order valence-electron chi connectivity index (χ1n) is 10.3. The third-order valence-electron chi connectivity index (χ3n) is 5.65. The van der Waals surface area contributed by atoms with E-state index in [2.05, 4.69) is 33.8 Å². The molecule has 0 spiro atoms. The van der Waals surface area contributed by atoms with E-state index >= 15 is 0 Å². The summed E-state index contributed by atoms with van der Waals surface area (Å²) in [5, 5.41) is 0.140. The zero-order valence-corrected chi connectivity index (χ0v) is 19.1. The van der Waals surface area contributed by atoms with Gasteiger partial charge in [0, 0.05) is 51.6 Å². The predicted octanol–water partition coefficient (Wildman–Crippen LogP) is 2.04. The Morgan fingerprint density at radius 2 is 1.90 bits per heavy atom. The first kappa shape index (κ1) is 22.6. The molecule has 1 aliphatic rings. The molecule has 2 heterocycles. The van der Waals surface area contributed by atoms with Crippen LogP contribution >= 0.6 is 0 Å². The quantitative estimate of drug-likeness (QED) is 0.595. The Morgan fingerprint density at radius 1 is 1.17 bits per heavy atom. The van der Waals surface area contributed by atoms with E-state index in [1.807, 2.05) is 12.1 Å². The zero-order valence-electron chi connectivity index (χ0n) is 18.2. The van der Waals surface area contributed by atoms with Crippen molar-refractivity contribution in [2.45, 2.75) is 38.1 Å². The van der Waals surface area contributed by atoms with Gasteiger partial charge in [0.15, 0.2) is 0 Å². The maximum atomic E-state index is 12.4. The number of imidazole rings is 1. The number of rotatable bonds is 9. The summed E-state index contributed by atoms with van der Waals surface area (Å²) in [6.07, 6.45) is 1.70. The molecule has 0 aliphatic carbocycles. The number of nitrogens with zero attached hydrogens (tertiary/aromatic N) is 4. The van der Waals surface area contributed by atoms with Gasteiger partial charge < -0.3 is 18.9 Å². The molecule has 30 heavy (non-hydrogen) atoms. The van der Waals surface area contributed by atoms with Crippen molar-refractivity contribution in [3.8, 4) is 5.75 Å². The maximum absolute atomic E-state index is 12.4. The van der Waals surface area contributed by atoms with E-state index in [0.29, 0.717) is 25.7 Å². The fourth-order valence-corrected chi connectivity index (χ4v) is 4.80. The Bertz CT molecular complexity index is 927. The summed E-state index contributed by atoms with van der Waals surface area (Å²) in [4.78, 5) is 9.00. The van der Waals surface area contributed by atoms with Gasteiger partial charge in [-0.05, 0) is 31.2 Å². The molecule has 1 unspecified atom stereocenters. The van der Waals surface area contributed by atoms with Gasteiger partial charge in [0.05, 0.1) is 31.4 Å². The minimum Gasteiger partial charge on any atom is -0.497 e. The van der Waals surface area contributed by atoms with E-state index in [1.165, 1.54) is 5.69 Å². The lowest BCUT2D eigenvalue weighted by molar-refractivity contribution is 0.166. The van der Waals surface area contributed by atoms with Gasteiger partial charge in [-0.1, -0.05) is 6.92 Å². The highest BCUT2D eigenvalue weighted by Gasteiger charge is 2.27. The van der Waals surface area contributed by atoms with Gasteiger partial charge in [-0.2, -0.15) is 0 Å². The molecule has 2 aromatic rings. The number of hydrogen-bond acceptors (Lipinski definition) is 7. The maximum Gasteiger partial charge on any atom is 0.227 e. The molecular weight excluding hydrogens is 404 g/mol. The van der Waals surface area contributed by atoms with Gasteiger partial charge >= 0.3 is 0 Å². The molecule has 3 rings (SSSR count). The van der Waals surface area contributed by atoms with Crippen molar-refractivity contribution >= 4 is 15.5 Å². The van der Waals surface area contributed by atoms with Gasteiger partial charge in [-0.3, -0.25) is 4.90 Å². The van der Waals surface area contributed by atoms with E-state index in [-0.39, 0.29) is 10.9 Å². The third kappa shape index (κ3) is 4.96. The molecule has 9 heteroatoms. The van der Waals surface area contributed by atoms with Crippen molar-refractivity contribution in [3.05, 3.63) is 36.2 Å². The standard InChI is InChI=1S/C21H32N4O4S/c1-5-30(26,27)21-22-14-19(25(21)12-13-28-3)16-23-10-11-24(15-17(23)2)18-6-8-20(29-4)9-7-18/h6-9,14,17H,5,10-13,15-16H2,1-4H3. The fraction of sp³-hybridized carbons (Fsp3) is 0.571. The lowest BCUT2D eigenvalue weighted by Gasteiger charge is -2.41. The number of piperazine rings is 1. The molecule has 1 aliphatic heterocycles. The topological polar surface area (TPSA) is 76.9 Å². The van der Waals surface area contributed by atoms with E-state index in [1.54, 1.807) is 31.9 Å². The zero-order chi connectivity index (χ0) is 21.7. The molecule has 8 nitrogen and oxygen atoms in total. The lowest BCUT2D eigenvalue weighted by Crippen LogP contribution is -2.51. The molecule has 0 amide bonds. The summed E-state index contributed by atoms with van der Waals surface area (Å²) >= 11 is 0. The summed E-state index contributed by atoms with van der Waals surface area (Å²) in [6.45, 7) is 8.12. The SMILES string of the molecule is CCS(=O)(=O)c1ncc(CN2CCN(c3ccc(OC)cc3)CC2C)n1CCOC. The summed E-state index contributed by atoms with van der Waals surface area (Å²) in [5.74, 6) is 0.889. The van der Waals surface area contributed by atoms with Crippen molar-refractivity contribution in [1.82, 2.24) is 14.5 Å². The van der Waals surface area contributed by atoms with Gasteiger partial charge in [0.2, 0.25) is 15.0 Å². The second-order valence-corrected chi connectivity index (χ2v) is 9.72. The molecule has 1 atom stereocenters. The van der Waals surface area contributed by atoms with Crippen LogP contribution in [0.3, 0.4) is 0 Å². The van der Waals surface area contributed by atoms with Gasteiger partial charge in [0.1, 0.15) is 5.75 Å². The van der Waals surface area contributed by atoms with Crippen LogP contribution in [0, 0.1) is 0 Å². The van der Waals surface area contributed by atoms with Crippen LogP contribution in [0.4, 0.5) is 5.69 Å². The third-order valence-corrected chi connectivity index (χ3v) is 7.29. The summed E-state index contributed by atoms with van der Waals surface area (Å²) in [7, 11) is -0.0969. The minimum atomic E-state index is -3.38. The van der Waals surface area contributed by atoms with Crippen LogP contribution < -0.4 is 9.64 Å². The molecule has 1 fully saturated rings. The van der Waals surface area contributed by atoms with E-state index < -0.39 is 9.84 Å². The Hall–Kier alpha value is -2.10. The Labute approximate surface area is 179 Å². The van der Waals surface area contributed by atoms with Crippen LogP contribution in [0.25, 0.3) is 0 Å². The highest BCUT2D eigenvalue weighted by Crippen LogP contribution is 2.24. The molecule has 166 valence electrons. The predicted molar refractivity (Wildman–Crippen MR) is 117 cm³/mol. The molecule has 0 bridgehead atoms. The van der Waals surface area contributed by atoms with Gasteiger partial charge in [-0.15, -0.1) is 0 Å². The van der Waals surface area contributed by atoms with Crippen LogP contribution in [-0.2, 0) is 27.7 Å². The van der Waals surface area contributed by atoms with Crippen LogP contribution in [0.5, 0.6) is 5.75 Å². The number of sulfone groups is 1. The average molecular weight is 437 g/mol. The van der Waals surface area contributed by atoms with Crippen LogP contribution in [0.2, 0.25) is 0 Å². The highest BCUT2D eigenvalue weighted by molar-refractivity contribution is 7.91. The highest BCUT2D eigenvalue weighted by atomic mass is 32.2. The molecule has 1 aromatic heterocycles. The largest absolute Gasteiger partial charge is 0.497 e. The summed E-state index contributed by atoms with van der Waals surface area (Å²) < 4.78 is 37.1. The number of aromatic nitrogens is 2. The van der Waals surface area contributed by atoms with E-state index in [4.69, 9.17) is 9.47 Å². The second kappa shape index (κ2) is 9.80. The molecule has 0 N–H and O–H groups in total. The van der Waals surface area contributed by atoms with Crippen molar-refractivity contribution in [3.63, 3.8) is 0 Å². The van der Waals surface area contributed by atoms with Crippen molar-refractivity contribution in [2.75, 3.05) is 51.1 Å². The average Bonchev–Trinajstić information content (AvgIpc) is 3.17. The van der Waals surface area contributed by atoms with Gasteiger partial charge in [0.25, 0.3) is 0 Å². The van der Waals surface area contributed by atoms with Crippen LogP contribution in [-0.4, -0.2) is 75.1 Å². The Kier molecular flexibility index (Phi) is 7.38. The first-order valence-corrected chi connectivity index (χ1v) is 11.9. The molecule has 0 saturated carbocycles.